The lowest BCUT2D eigenvalue weighted by molar-refractivity contribution is 0.0539. The molecule has 1 fully saturated rings. The van der Waals surface area contributed by atoms with Crippen molar-refractivity contribution in [2.24, 2.45) is 0 Å². The number of ether oxygens (including phenoxy) is 1. The average molecular weight is 409 g/mol. The summed E-state index contributed by atoms with van der Waals surface area (Å²) in [5.41, 5.74) is 3.52. The third-order valence-corrected chi connectivity index (χ3v) is 8.25. The molecular weight excluding hydrogens is 381 g/mol. The van der Waals surface area contributed by atoms with Gasteiger partial charge in [0.2, 0.25) is 0 Å². The zero-order valence-corrected chi connectivity index (χ0v) is 17.8. The van der Waals surface area contributed by atoms with E-state index in [-0.39, 0.29) is 0 Å². The van der Waals surface area contributed by atoms with Crippen molar-refractivity contribution in [2.75, 3.05) is 33.4 Å². The van der Waals surface area contributed by atoms with Gasteiger partial charge in [0, 0.05) is 36.5 Å². The molecule has 0 saturated carbocycles. The lowest BCUT2D eigenvalue weighted by Crippen LogP contribution is -2.37. The topological polar surface area (TPSA) is 38.8 Å². The lowest BCUT2D eigenvalue weighted by Gasteiger charge is -2.38. The van der Waals surface area contributed by atoms with Crippen LogP contribution < -0.4 is 5.30 Å². The molecule has 0 aromatic heterocycles. The molecule has 1 aliphatic heterocycles. The van der Waals surface area contributed by atoms with Crippen LogP contribution >= 0.6 is 7.37 Å². The molecule has 1 aliphatic carbocycles. The van der Waals surface area contributed by atoms with Gasteiger partial charge in [0.25, 0.3) is 7.37 Å². The van der Waals surface area contributed by atoms with Crippen LogP contribution in [0, 0.1) is 0 Å². The van der Waals surface area contributed by atoms with Gasteiger partial charge in [-0.1, -0.05) is 48.5 Å². The highest BCUT2D eigenvalue weighted by atomic mass is 31.2. The van der Waals surface area contributed by atoms with E-state index in [9.17, 15) is 4.57 Å². The first-order chi connectivity index (χ1) is 14.2. The van der Waals surface area contributed by atoms with Crippen LogP contribution in [0.25, 0.3) is 6.08 Å². The predicted molar refractivity (Wildman–Crippen MR) is 118 cm³/mol. The zero-order chi connectivity index (χ0) is 20.1. The van der Waals surface area contributed by atoms with Crippen LogP contribution in [-0.2, 0) is 13.8 Å². The van der Waals surface area contributed by atoms with E-state index in [0.29, 0.717) is 13.2 Å². The molecule has 1 atom stereocenters. The molecule has 1 saturated heterocycles. The normalized spacial score (nSPS) is 21.3. The van der Waals surface area contributed by atoms with E-state index in [0.717, 1.165) is 48.7 Å². The van der Waals surface area contributed by atoms with Crippen molar-refractivity contribution in [2.45, 2.75) is 19.3 Å². The minimum Gasteiger partial charge on any atom is -0.378 e. The molecule has 4 nitrogen and oxygen atoms in total. The molecule has 0 radical (unpaired) electrons. The Kier molecular flexibility index (Phi) is 6.34. The Bertz CT molecular complexity index is 931. The van der Waals surface area contributed by atoms with Crippen LogP contribution in [0.15, 0.2) is 77.2 Å². The Labute approximate surface area is 173 Å². The first-order valence-electron chi connectivity index (χ1n) is 10.3. The minimum atomic E-state index is -3.14. The Hall–Kier alpha value is -2.13. The number of hydrogen-bond donors (Lipinski definition) is 0. The number of benzene rings is 2. The van der Waals surface area contributed by atoms with Gasteiger partial charge in [-0.25, -0.2) is 0 Å². The standard InChI is InChI=1S/C24H28NO3P/c1-27-29(26,22-12-6-3-7-13-22)23-14-8-11-21(19-20-9-4-2-5-10-20)24(23)25-15-17-28-18-16-25/h2-7,9-10,12-13,19H,8,11,14-18H2,1H3. The van der Waals surface area contributed by atoms with Crippen molar-refractivity contribution < 1.29 is 13.8 Å². The average Bonchev–Trinajstić information content (AvgIpc) is 2.80. The molecular formula is C24H28NO3P. The van der Waals surface area contributed by atoms with Crippen molar-refractivity contribution in [1.29, 1.82) is 0 Å². The Morgan fingerprint density at radius 1 is 0.966 bits per heavy atom. The van der Waals surface area contributed by atoms with E-state index in [2.05, 4.69) is 35.2 Å². The Balaban J connectivity index is 1.88. The summed E-state index contributed by atoms with van der Waals surface area (Å²) in [6.07, 6.45) is 4.99. The largest absolute Gasteiger partial charge is 0.378 e. The maximum atomic E-state index is 14.2. The summed E-state index contributed by atoms with van der Waals surface area (Å²) in [4.78, 5) is 2.35. The molecule has 5 heteroatoms. The van der Waals surface area contributed by atoms with Crippen molar-refractivity contribution in [3.8, 4) is 0 Å². The second kappa shape index (κ2) is 9.13. The van der Waals surface area contributed by atoms with E-state index in [1.165, 1.54) is 11.1 Å². The van der Waals surface area contributed by atoms with Gasteiger partial charge in [-0.2, -0.15) is 0 Å². The van der Waals surface area contributed by atoms with Gasteiger partial charge in [0.15, 0.2) is 0 Å². The first kappa shape index (κ1) is 20.2. The summed E-state index contributed by atoms with van der Waals surface area (Å²) in [6, 6.07) is 20.0. The lowest BCUT2D eigenvalue weighted by atomic mass is 9.94. The van der Waals surface area contributed by atoms with Crippen LogP contribution in [0.1, 0.15) is 24.8 Å². The molecule has 29 heavy (non-hydrogen) atoms. The Morgan fingerprint density at radius 3 is 2.28 bits per heavy atom. The van der Waals surface area contributed by atoms with E-state index in [4.69, 9.17) is 9.26 Å². The van der Waals surface area contributed by atoms with E-state index >= 15 is 0 Å². The molecule has 1 unspecified atom stereocenters. The highest BCUT2D eigenvalue weighted by Crippen LogP contribution is 2.59. The molecule has 2 aromatic rings. The van der Waals surface area contributed by atoms with Crippen molar-refractivity contribution in [3.05, 3.63) is 82.8 Å². The number of nitrogens with zero attached hydrogens (tertiary/aromatic N) is 1. The van der Waals surface area contributed by atoms with Crippen molar-refractivity contribution in [1.82, 2.24) is 4.90 Å². The summed E-state index contributed by atoms with van der Waals surface area (Å²) in [7, 11) is -1.56. The number of allylic oxidation sites excluding steroid dienone is 2. The summed E-state index contributed by atoms with van der Waals surface area (Å²) < 4.78 is 25.6. The Morgan fingerprint density at radius 2 is 1.62 bits per heavy atom. The molecule has 0 spiro atoms. The fraction of sp³-hybridized carbons (Fsp3) is 0.333. The molecule has 152 valence electrons. The third-order valence-electron chi connectivity index (χ3n) is 5.61. The van der Waals surface area contributed by atoms with Crippen LogP contribution in [0.4, 0.5) is 0 Å². The van der Waals surface area contributed by atoms with Gasteiger partial charge >= 0.3 is 0 Å². The number of rotatable bonds is 5. The van der Waals surface area contributed by atoms with Crippen LogP contribution in [0.2, 0.25) is 0 Å². The molecule has 2 aromatic carbocycles. The van der Waals surface area contributed by atoms with Crippen LogP contribution in [0.3, 0.4) is 0 Å². The summed E-state index contributed by atoms with van der Waals surface area (Å²) in [5, 5.41) is 1.71. The summed E-state index contributed by atoms with van der Waals surface area (Å²) in [5.74, 6) is 0. The second-order valence-corrected chi connectivity index (χ2v) is 9.92. The highest BCUT2D eigenvalue weighted by molar-refractivity contribution is 7.71. The highest BCUT2D eigenvalue weighted by Gasteiger charge is 2.37. The van der Waals surface area contributed by atoms with Gasteiger partial charge < -0.3 is 14.2 Å². The van der Waals surface area contributed by atoms with Gasteiger partial charge in [0.05, 0.1) is 13.2 Å². The second-order valence-electron chi connectivity index (χ2n) is 7.40. The maximum Gasteiger partial charge on any atom is 0.259 e. The van der Waals surface area contributed by atoms with Gasteiger partial charge in [0.1, 0.15) is 0 Å². The molecule has 2 aliphatic rings. The van der Waals surface area contributed by atoms with Gasteiger partial charge in [-0.05, 0) is 48.6 Å². The maximum absolute atomic E-state index is 14.2. The third kappa shape index (κ3) is 4.25. The van der Waals surface area contributed by atoms with E-state index in [1.807, 2.05) is 36.4 Å². The van der Waals surface area contributed by atoms with Gasteiger partial charge in [-0.15, -0.1) is 0 Å². The number of morpholine rings is 1. The monoisotopic (exact) mass is 409 g/mol. The number of hydrogen-bond acceptors (Lipinski definition) is 4. The predicted octanol–water partition coefficient (Wildman–Crippen LogP) is 5.05. The van der Waals surface area contributed by atoms with Crippen LogP contribution in [0.5, 0.6) is 0 Å². The zero-order valence-electron chi connectivity index (χ0n) is 16.9. The van der Waals surface area contributed by atoms with Crippen molar-refractivity contribution in [3.63, 3.8) is 0 Å². The smallest absolute Gasteiger partial charge is 0.259 e. The minimum absolute atomic E-state index is 0.692. The molecule has 0 amide bonds. The molecule has 1 heterocycles. The SMILES string of the molecule is COP(=O)(C1=C(N2CCOCC2)C(=Cc2ccccc2)CCC1)c1ccccc1. The van der Waals surface area contributed by atoms with E-state index < -0.39 is 7.37 Å². The summed E-state index contributed by atoms with van der Waals surface area (Å²) >= 11 is 0. The summed E-state index contributed by atoms with van der Waals surface area (Å²) in [6.45, 7) is 3.00. The fourth-order valence-corrected chi connectivity index (χ4v) is 6.54. The molecule has 0 bridgehead atoms. The van der Waals surface area contributed by atoms with Gasteiger partial charge in [-0.3, -0.25) is 4.57 Å². The van der Waals surface area contributed by atoms with Crippen molar-refractivity contribution >= 4 is 18.7 Å². The molecule has 4 rings (SSSR count). The fourth-order valence-electron chi connectivity index (χ4n) is 4.21. The first-order valence-corrected chi connectivity index (χ1v) is 11.9. The van der Waals surface area contributed by atoms with Crippen LogP contribution in [-0.4, -0.2) is 38.3 Å². The molecule has 0 N–H and O–H groups in total. The van der Waals surface area contributed by atoms with E-state index in [1.54, 1.807) is 7.11 Å². The quantitative estimate of drug-likeness (QED) is 0.648.